The molecular weight excluding hydrogens is 728 g/mol. The van der Waals surface area contributed by atoms with Crippen molar-refractivity contribution in [3.63, 3.8) is 0 Å². The third-order valence-corrected chi connectivity index (χ3v) is 10.4. The Bertz CT molecular complexity index is 2420. The molecule has 52 heavy (non-hydrogen) atoms. The quantitative estimate of drug-likeness (QED) is 0.0817. The van der Waals surface area contributed by atoms with Gasteiger partial charge in [-0.2, -0.15) is 0 Å². The number of aromatic nitrogens is 4. The van der Waals surface area contributed by atoms with Crippen molar-refractivity contribution in [2.75, 3.05) is 20.3 Å². The first-order valence-corrected chi connectivity index (χ1v) is 18.2. The molecule has 5 aromatic rings. The van der Waals surface area contributed by atoms with Crippen LogP contribution >= 0.6 is 34.7 Å². The SMILES string of the molecule is CCOC(=O)C1=C(C)N=c2s/c(=C/c3cc([N+](=O)[O-])ccc3Sc3nnc(-c4cccc(Cl)c4)n3CC)c(=O)n2[C@H]1c1ccc(OC)c(OCC)c1. The molecular formula is C36H33ClN6O7S2. The number of esters is 1. The van der Waals surface area contributed by atoms with Crippen molar-refractivity contribution >= 4 is 52.4 Å². The molecule has 16 heteroatoms. The first kappa shape index (κ1) is 36.5. The molecule has 0 amide bonds. The molecule has 268 valence electrons. The Hall–Kier alpha value is -5.25. The lowest BCUT2D eigenvalue weighted by atomic mass is 9.95. The molecule has 0 fully saturated rings. The number of nitro benzene ring substituents is 1. The molecule has 0 unspecified atom stereocenters. The fourth-order valence-corrected chi connectivity index (χ4v) is 8.03. The van der Waals surface area contributed by atoms with E-state index in [2.05, 4.69) is 15.2 Å². The van der Waals surface area contributed by atoms with Crippen molar-refractivity contribution in [3.05, 3.63) is 118 Å². The maximum atomic E-state index is 14.4. The van der Waals surface area contributed by atoms with Crippen LogP contribution in [0.2, 0.25) is 5.02 Å². The fraction of sp³-hybridized carbons (Fsp3) is 0.250. The minimum Gasteiger partial charge on any atom is -0.493 e. The van der Waals surface area contributed by atoms with Crippen LogP contribution in [0.15, 0.2) is 91.8 Å². The average molecular weight is 761 g/mol. The van der Waals surface area contributed by atoms with Crippen molar-refractivity contribution in [3.8, 4) is 22.9 Å². The van der Waals surface area contributed by atoms with Gasteiger partial charge >= 0.3 is 5.97 Å². The maximum absolute atomic E-state index is 14.4. The number of fused-ring (bicyclic) bond motifs is 1. The van der Waals surface area contributed by atoms with E-state index >= 15 is 0 Å². The van der Waals surface area contributed by atoms with E-state index < -0.39 is 22.5 Å². The van der Waals surface area contributed by atoms with Gasteiger partial charge in [0.1, 0.15) is 0 Å². The van der Waals surface area contributed by atoms with Gasteiger partial charge in [-0.15, -0.1) is 10.2 Å². The number of ether oxygens (including phenoxy) is 3. The lowest BCUT2D eigenvalue weighted by Crippen LogP contribution is -2.40. The van der Waals surface area contributed by atoms with Crippen LogP contribution in [0.4, 0.5) is 5.69 Å². The summed E-state index contributed by atoms with van der Waals surface area (Å²) >= 11 is 8.62. The largest absolute Gasteiger partial charge is 0.493 e. The number of nitro groups is 1. The summed E-state index contributed by atoms with van der Waals surface area (Å²) in [4.78, 5) is 44.9. The summed E-state index contributed by atoms with van der Waals surface area (Å²) in [6.45, 7) is 8.22. The van der Waals surface area contributed by atoms with Crippen molar-refractivity contribution < 1.29 is 23.9 Å². The molecule has 13 nitrogen and oxygen atoms in total. The second-order valence-electron chi connectivity index (χ2n) is 11.3. The molecule has 1 atom stereocenters. The Labute approximate surface area is 311 Å². The molecule has 1 aliphatic rings. The highest BCUT2D eigenvalue weighted by atomic mass is 35.5. The molecule has 0 saturated heterocycles. The molecule has 0 N–H and O–H groups in total. The van der Waals surface area contributed by atoms with Gasteiger partial charge < -0.3 is 18.8 Å². The van der Waals surface area contributed by atoms with E-state index in [0.717, 1.165) is 16.9 Å². The van der Waals surface area contributed by atoms with Crippen LogP contribution in [0, 0.1) is 10.1 Å². The molecule has 0 spiro atoms. The first-order valence-electron chi connectivity index (χ1n) is 16.2. The first-order chi connectivity index (χ1) is 25.1. The molecule has 6 rings (SSSR count). The number of hydrogen-bond acceptors (Lipinski definition) is 12. The van der Waals surface area contributed by atoms with Gasteiger partial charge in [0.15, 0.2) is 27.3 Å². The number of allylic oxidation sites excluding steroid dienone is 1. The average Bonchev–Trinajstić information content (AvgIpc) is 3.67. The summed E-state index contributed by atoms with van der Waals surface area (Å²) in [7, 11) is 1.53. The highest BCUT2D eigenvalue weighted by Crippen LogP contribution is 2.37. The predicted octanol–water partition coefficient (Wildman–Crippen LogP) is 6.20. The van der Waals surface area contributed by atoms with E-state index in [9.17, 15) is 19.7 Å². The zero-order valence-electron chi connectivity index (χ0n) is 28.8. The maximum Gasteiger partial charge on any atom is 0.338 e. The Balaban J connectivity index is 1.51. The van der Waals surface area contributed by atoms with Crippen LogP contribution in [0.5, 0.6) is 11.5 Å². The number of non-ortho nitro benzene ring substituents is 1. The summed E-state index contributed by atoms with van der Waals surface area (Å²) in [5.41, 5.74) is 1.78. The monoisotopic (exact) mass is 760 g/mol. The van der Waals surface area contributed by atoms with Gasteiger partial charge in [0.05, 0.1) is 47.1 Å². The number of thiazole rings is 1. The summed E-state index contributed by atoms with van der Waals surface area (Å²) in [5, 5.41) is 21.8. The highest BCUT2D eigenvalue weighted by Gasteiger charge is 2.34. The summed E-state index contributed by atoms with van der Waals surface area (Å²) in [6, 6.07) is 16.0. The number of rotatable bonds is 12. The van der Waals surface area contributed by atoms with E-state index in [1.807, 2.05) is 30.5 Å². The van der Waals surface area contributed by atoms with E-state index in [0.29, 0.717) is 67.2 Å². The third-order valence-electron chi connectivity index (χ3n) is 8.13. The van der Waals surface area contributed by atoms with E-state index in [1.54, 1.807) is 56.3 Å². The van der Waals surface area contributed by atoms with Crippen LogP contribution in [-0.2, 0) is 16.1 Å². The van der Waals surface area contributed by atoms with Crippen molar-refractivity contribution in [1.82, 2.24) is 19.3 Å². The van der Waals surface area contributed by atoms with Gasteiger partial charge in [-0.3, -0.25) is 19.5 Å². The zero-order chi connectivity index (χ0) is 37.1. The second-order valence-corrected chi connectivity index (χ2v) is 13.7. The van der Waals surface area contributed by atoms with Crippen LogP contribution in [0.1, 0.15) is 44.9 Å². The topological polar surface area (TPSA) is 153 Å². The Morgan fingerprint density at radius 3 is 2.58 bits per heavy atom. The number of benzene rings is 3. The zero-order valence-corrected chi connectivity index (χ0v) is 31.2. The minimum absolute atomic E-state index is 0.124. The van der Waals surface area contributed by atoms with Gasteiger partial charge in [-0.25, -0.2) is 9.79 Å². The van der Waals surface area contributed by atoms with E-state index in [1.165, 1.54) is 35.6 Å². The fourth-order valence-electron chi connectivity index (χ4n) is 5.82. The summed E-state index contributed by atoms with van der Waals surface area (Å²) < 4.78 is 20.3. The molecule has 2 aromatic heterocycles. The summed E-state index contributed by atoms with van der Waals surface area (Å²) in [6.07, 6.45) is 1.60. The molecule has 1 aliphatic heterocycles. The highest BCUT2D eigenvalue weighted by molar-refractivity contribution is 7.99. The number of nitrogens with zero attached hydrogens (tertiary/aromatic N) is 6. The Morgan fingerprint density at radius 2 is 1.88 bits per heavy atom. The van der Waals surface area contributed by atoms with Crippen LogP contribution < -0.4 is 24.4 Å². The van der Waals surface area contributed by atoms with E-state index in [4.69, 9.17) is 25.8 Å². The summed E-state index contributed by atoms with van der Waals surface area (Å²) in [5.74, 6) is 0.944. The number of carbonyl (C=O) groups is 1. The predicted molar refractivity (Wildman–Crippen MR) is 198 cm³/mol. The van der Waals surface area contributed by atoms with Crippen molar-refractivity contribution in [2.45, 2.75) is 50.3 Å². The smallest absolute Gasteiger partial charge is 0.338 e. The van der Waals surface area contributed by atoms with Crippen molar-refractivity contribution in [1.29, 1.82) is 0 Å². The molecule has 3 heterocycles. The van der Waals surface area contributed by atoms with E-state index in [-0.39, 0.29) is 22.4 Å². The van der Waals surface area contributed by atoms with Crippen LogP contribution in [0.25, 0.3) is 17.5 Å². The van der Waals surface area contributed by atoms with Gasteiger partial charge in [0.2, 0.25) is 0 Å². The van der Waals surface area contributed by atoms with Gasteiger partial charge in [0, 0.05) is 34.2 Å². The van der Waals surface area contributed by atoms with Crippen LogP contribution in [0.3, 0.4) is 0 Å². The van der Waals surface area contributed by atoms with Crippen LogP contribution in [-0.4, -0.2) is 50.5 Å². The second kappa shape index (κ2) is 15.6. The van der Waals surface area contributed by atoms with Crippen molar-refractivity contribution in [2.24, 2.45) is 4.99 Å². The number of halogens is 1. The van der Waals surface area contributed by atoms with Gasteiger partial charge in [0.25, 0.3) is 11.2 Å². The normalized spacial score (nSPS) is 14.2. The number of carbonyl (C=O) groups excluding carboxylic acids is 1. The Kier molecular flexibility index (Phi) is 10.9. The number of hydrogen-bond donors (Lipinski definition) is 0. The molecule has 0 radical (unpaired) electrons. The lowest BCUT2D eigenvalue weighted by Gasteiger charge is -2.25. The molecule has 0 aliphatic carbocycles. The third kappa shape index (κ3) is 7.11. The molecule has 0 bridgehead atoms. The van der Waals surface area contributed by atoms with Gasteiger partial charge in [-0.05, 0) is 87.0 Å². The Morgan fingerprint density at radius 1 is 1.08 bits per heavy atom. The minimum atomic E-state index is -0.908. The molecule has 0 saturated carbocycles. The lowest BCUT2D eigenvalue weighted by molar-refractivity contribution is -0.384. The van der Waals surface area contributed by atoms with Gasteiger partial charge in [-0.1, -0.05) is 41.1 Å². The standard InChI is InChI=1S/C36H33ClN6O7S2/c1-6-41-32(22-10-9-11-24(37)16-22)39-40-36(41)51-28-15-13-25(43(46)47)17-23(28)19-29-33(44)42-31(21-12-14-26(48-5)27(18-21)49-7-2)30(34(45)50-8-3)20(4)38-35(42)52-29/h9-19,31H,6-8H2,1-5H3/b29-19+/t31-/m0/s1. The number of methoxy groups -OCH3 is 1. The molecule has 3 aromatic carbocycles.